The zero-order chi connectivity index (χ0) is 18.6. The summed E-state index contributed by atoms with van der Waals surface area (Å²) in [4.78, 5) is 26.4. The zero-order valence-electron chi connectivity index (χ0n) is 15.7. The summed E-state index contributed by atoms with van der Waals surface area (Å²) >= 11 is 0. The normalized spacial score (nSPS) is 16.8. The van der Waals surface area contributed by atoms with Crippen molar-refractivity contribution in [3.8, 4) is 5.75 Å². The maximum absolute atomic E-state index is 13.2. The molecule has 25 heavy (non-hydrogen) atoms. The fourth-order valence-electron chi connectivity index (χ4n) is 3.89. The highest BCUT2D eigenvalue weighted by Crippen LogP contribution is 2.34. The van der Waals surface area contributed by atoms with Crippen LogP contribution in [-0.4, -0.2) is 35.5 Å². The lowest BCUT2D eigenvalue weighted by molar-refractivity contribution is -0.151. The van der Waals surface area contributed by atoms with Crippen molar-refractivity contribution < 1.29 is 19.4 Å². The van der Waals surface area contributed by atoms with E-state index in [0.717, 1.165) is 24.2 Å². The second-order valence-corrected chi connectivity index (χ2v) is 7.69. The summed E-state index contributed by atoms with van der Waals surface area (Å²) in [6, 6.07) is 5.96. The number of amides is 1. The number of nitrogens with zero attached hydrogens (tertiary/aromatic N) is 1. The lowest BCUT2D eigenvalue weighted by Crippen LogP contribution is -2.44. The summed E-state index contributed by atoms with van der Waals surface area (Å²) in [5.41, 5.74) is 1.46. The van der Waals surface area contributed by atoms with E-state index < -0.39 is 11.4 Å². The first-order valence-corrected chi connectivity index (χ1v) is 8.92. The number of methoxy groups -OCH3 is 1. The molecule has 0 bridgehead atoms. The number of fused-ring (bicyclic) bond motifs is 1. The first-order chi connectivity index (χ1) is 11.7. The van der Waals surface area contributed by atoms with Crippen molar-refractivity contribution >= 4 is 11.9 Å². The first kappa shape index (κ1) is 19.3. The molecule has 0 saturated heterocycles. The summed E-state index contributed by atoms with van der Waals surface area (Å²) in [5, 5.41) is 9.30. The second-order valence-electron chi connectivity index (χ2n) is 7.69. The van der Waals surface area contributed by atoms with E-state index in [4.69, 9.17) is 4.74 Å². The van der Waals surface area contributed by atoms with Crippen LogP contribution in [0.25, 0.3) is 0 Å². The molecule has 1 aliphatic heterocycles. The molecule has 1 N–H and O–H groups in total. The third kappa shape index (κ3) is 4.74. The van der Waals surface area contributed by atoms with Crippen molar-refractivity contribution in [3.05, 3.63) is 29.3 Å². The van der Waals surface area contributed by atoms with Crippen molar-refractivity contribution in [2.45, 2.75) is 53.0 Å². The highest BCUT2D eigenvalue weighted by Gasteiger charge is 2.39. The quantitative estimate of drug-likeness (QED) is 0.855. The third-order valence-corrected chi connectivity index (χ3v) is 4.85. The van der Waals surface area contributed by atoms with Gasteiger partial charge in [-0.05, 0) is 48.4 Å². The molecule has 1 unspecified atom stereocenters. The van der Waals surface area contributed by atoms with Gasteiger partial charge in [0.2, 0.25) is 5.91 Å². The fraction of sp³-hybridized carbons (Fsp3) is 0.600. The summed E-state index contributed by atoms with van der Waals surface area (Å²) in [6.45, 7) is 7.03. The number of carbonyl (C=O) groups is 2. The van der Waals surface area contributed by atoms with Crippen LogP contribution in [0.5, 0.6) is 5.75 Å². The number of hydrogen-bond acceptors (Lipinski definition) is 3. The zero-order valence-corrected chi connectivity index (χ0v) is 15.7. The Morgan fingerprint density at radius 3 is 2.64 bits per heavy atom. The number of aliphatic carboxylic acids is 1. The predicted molar refractivity (Wildman–Crippen MR) is 96.5 cm³/mol. The van der Waals surface area contributed by atoms with E-state index in [1.165, 1.54) is 5.56 Å². The molecule has 0 aromatic heterocycles. The molecular formula is C20H29NO4. The van der Waals surface area contributed by atoms with Crippen LogP contribution in [0.1, 0.15) is 51.2 Å². The number of ether oxygens (including phenoxy) is 1. The van der Waals surface area contributed by atoms with Crippen LogP contribution in [0, 0.1) is 11.3 Å². The molecule has 1 amide bonds. The highest BCUT2D eigenvalue weighted by atomic mass is 16.5. The van der Waals surface area contributed by atoms with Gasteiger partial charge in [0.25, 0.3) is 0 Å². The van der Waals surface area contributed by atoms with Gasteiger partial charge in [0.05, 0.1) is 18.9 Å². The summed E-state index contributed by atoms with van der Waals surface area (Å²) in [7, 11) is 1.65. The molecule has 5 heteroatoms. The lowest BCUT2D eigenvalue weighted by Gasteiger charge is -2.34. The van der Waals surface area contributed by atoms with Gasteiger partial charge in [-0.3, -0.25) is 9.59 Å². The van der Waals surface area contributed by atoms with Gasteiger partial charge in [-0.25, -0.2) is 0 Å². The largest absolute Gasteiger partial charge is 0.497 e. The molecule has 1 heterocycles. The molecular weight excluding hydrogens is 318 g/mol. The Morgan fingerprint density at radius 2 is 2.04 bits per heavy atom. The van der Waals surface area contributed by atoms with Crippen LogP contribution in [-0.2, 0) is 22.6 Å². The Bertz CT molecular complexity index is 641. The number of benzene rings is 1. The van der Waals surface area contributed by atoms with E-state index in [1.807, 2.05) is 36.9 Å². The van der Waals surface area contributed by atoms with Gasteiger partial charge in [-0.1, -0.05) is 26.8 Å². The average molecular weight is 347 g/mol. The smallest absolute Gasteiger partial charge is 0.304 e. The average Bonchev–Trinajstić information content (AvgIpc) is 2.73. The van der Waals surface area contributed by atoms with Crippen LogP contribution < -0.4 is 4.74 Å². The SMILES string of the molecule is COc1ccc2c(c1)CCCN(C(=O)C(C)(CC(=O)O)CC(C)C)C2. The molecule has 0 aliphatic carbocycles. The van der Waals surface area contributed by atoms with Crippen LogP contribution >= 0.6 is 0 Å². The van der Waals surface area contributed by atoms with Crippen molar-refractivity contribution in [2.24, 2.45) is 11.3 Å². The second kappa shape index (κ2) is 7.89. The van der Waals surface area contributed by atoms with Crippen molar-refractivity contribution in [1.29, 1.82) is 0 Å². The molecule has 0 saturated carbocycles. The maximum Gasteiger partial charge on any atom is 0.304 e. The standard InChI is InChI=1S/C20H29NO4/c1-14(2)11-20(3,12-18(22)23)19(24)21-9-5-6-15-10-17(25-4)8-7-16(15)13-21/h7-8,10,14H,5-6,9,11-13H2,1-4H3,(H,22,23). The molecule has 5 nitrogen and oxygen atoms in total. The minimum absolute atomic E-state index is 0.0488. The Labute approximate surface area is 150 Å². The van der Waals surface area contributed by atoms with Gasteiger partial charge in [0.15, 0.2) is 0 Å². The van der Waals surface area contributed by atoms with Crippen LogP contribution in [0.15, 0.2) is 18.2 Å². The molecule has 2 rings (SSSR count). The van der Waals surface area contributed by atoms with E-state index >= 15 is 0 Å². The molecule has 1 aromatic rings. The van der Waals surface area contributed by atoms with E-state index in [9.17, 15) is 14.7 Å². The van der Waals surface area contributed by atoms with E-state index in [2.05, 4.69) is 0 Å². The highest BCUT2D eigenvalue weighted by molar-refractivity contribution is 5.86. The van der Waals surface area contributed by atoms with Crippen LogP contribution in [0.4, 0.5) is 0 Å². The fourth-order valence-corrected chi connectivity index (χ4v) is 3.89. The minimum Gasteiger partial charge on any atom is -0.497 e. The Balaban J connectivity index is 2.25. The topological polar surface area (TPSA) is 66.8 Å². The van der Waals surface area contributed by atoms with Crippen molar-refractivity contribution in [2.75, 3.05) is 13.7 Å². The molecule has 1 atom stereocenters. The molecule has 0 spiro atoms. The Hall–Kier alpha value is -2.04. The van der Waals surface area contributed by atoms with Gasteiger partial charge in [0, 0.05) is 13.1 Å². The van der Waals surface area contributed by atoms with Gasteiger partial charge in [0.1, 0.15) is 5.75 Å². The number of carboxylic acid groups (broad SMARTS) is 1. The molecule has 0 radical (unpaired) electrons. The summed E-state index contributed by atoms with van der Waals surface area (Å²) in [6.07, 6.45) is 2.22. The van der Waals surface area contributed by atoms with E-state index in [-0.39, 0.29) is 18.2 Å². The van der Waals surface area contributed by atoms with Crippen LogP contribution in [0.2, 0.25) is 0 Å². The number of rotatable bonds is 6. The summed E-state index contributed by atoms with van der Waals surface area (Å²) < 4.78 is 5.29. The molecule has 0 fully saturated rings. The number of carboxylic acids is 1. The van der Waals surface area contributed by atoms with E-state index in [0.29, 0.717) is 19.5 Å². The van der Waals surface area contributed by atoms with Crippen molar-refractivity contribution in [3.63, 3.8) is 0 Å². The third-order valence-electron chi connectivity index (χ3n) is 4.85. The molecule has 1 aromatic carbocycles. The molecule has 138 valence electrons. The van der Waals surface area contributed by atoms with Gasteiger partial charge in [-0.2, -0.15) is 0 Å². The van der Waals surface area contributed by atoms with Crippen molar-refractivity contribution in [1.82, 2.24) is 4.90 Å². The number of aryl methyl sites for hydroxylation is 1. The number of carbonyl (C=O) groups excluding carboxylic acids is 1. The lowest BCUT2D eigenvalue weighted by atomic mass is 9.77. The number of hydrogen-bond donors (Lipinski definition) is 1. The Morgan fingerprint density at radius 1 is 1.32 bits per heavy atom. The minimum atomic E-state index is -0.920. The Kier molecular flexibility index (Phi) is 6.09. The van der Waals surface area contributed by atoms with E-state index in [1.54, 1.807) is 14.0 Å². The summed E-state index contributed by atoms with van der Waals surface area (Å²) in [5.74, 6) is 0.120. The van der Waals surface area contributed by atoms with Gasteiger partial charge in [-0.15, -0.1) is 0 Å². The maximum atomic E-state index is 13.2. The van der Waals surface area contributed by atoms with Gasteiger partial charge >= 0.3 is 5.97 Å². The van der Waals surface area contributed by atoms with Crippen LogP contribution in [0.3, 0.4) is 0 Å². The monoisotopic (exact) mass is 347 g/mol. The predicted octanol–water partition coefficient (Wildman–Crippen LogP) is 3.50. The van der Waals surface area contributed by atoms with Gasteiger partial charge < -0.3 is 14.7 Å². The molecule has 1 aliphatic rings. The first-order valence-electron chi connectivity index (χ1n) is 8.92.